The van der Waals surface area contributed by atoms with Crippen LogP contribution in [-0.2, 0) is 28.6 Å². The zero-order valence-corrected chi connectivity index (χ0v) is 44.0. The molecule has 0 fully saturated rings. The van der Waals surface area contributed by atoms with Gasteiger partial charge in [0.05, 0.1) is 0 Å². The topological polar surface area (TPSA) is 78.9 Å². The van der Waals surface area contributed by atoms with E-state index in [-0.39, 0.29) is 31.1 Å². The van der Waals surface area contributed by atoms with Gasteiger partial charge in [0.25, 0.3) is 0 Å². The molecule has 0 saturated heterocycles. The van der Waals surface area contributed by atoms with E-state index in [1.807, 2.05) is 0 Å². The summed E-state index contributed by atoms with van der Waals surface area (Å²) in [6.45, 7) is 6.54. The summed E-state index contributed by atoms with van der Waals surface area (Å²) in [7, 11) is 0. The minimum atomic E-state index is -0.782. The van der Waals surface area contributed by atoms with Crippen LogP contribution >= 0.6 is 0 Å². The van der Waals surface area contributed by atoms with Crippen LogP contribution in [0.1, 0.15) is 297 Å². The molecule has 0 radical (unpaired) electrons. The average Bonchev–Trinajstić information content (AvgIpc) is 3.31. The first kappa shape index (κ1) is 63.4. The van der Waals surface area contributed by atoms with Crippen molar-refractivity contribution in [3.8, 4) is 0 Å². The minimum absolute atomic E-state index is 0.0790. The zero-order chi connectivity index (χ0) is 47.9. The molecule has 0 aliphatic rings. The lowest BCUT2D eigenvalue weighted by Crippen LogP contribution is -2.30. The van der Waals surface area contributed by atoms with E-state index in [1.165, 1.54) is 148 Å². The molecule has 1 atom stereocenters. The number of carbonyl (C=O) groups excluding carboxylic acids is 3. The lowest BCUT2D eigenvalue weighted by atomic mass is 10.0. The van der Waals surface area contributed by atoms with Crippen molar-refractivity contribution in [2.45, 2.75) is 303 Å². The van der Waals surface area contributed by atoms with Crippen molar-refractivity contribution in [2.75, 3.05) is 13.2 Å². The van der Waals surface area contributed by atoms with Gasteiger partial charge in [-0.1, -0.05) is 249 Å². The molecule has 0 N–H and O–H groups in total. The van der Waals surface area contributed by atoms with E-state index >= 15 is 0 Å². The maximum atomic E-state index is 12.8. The molecule has 0 bridgehead atoms. The molecule has 0 heterocycles. The number of ether oxygens (including phenoxy) is 3. The van der Waals surface area contributed by atoms with Crippen LogP contribution in [0.5, 0.6) is 0 Å². The minimum Gasteiger partial charge on any atom is -0.462 e. The Kier molecular flexibility index (Phi) is 52.8. The van der Waals surface area contributed by atoms with Crippen LogP contribution in [0.4, 0.5) is 0 Å². The van der Waals surface area contributed by atoms with Crippen LogP contribution in [0, 0.1) is 0 Å². The first-order valence-corrected chi connectivity index (χ1v) is 28.6. The summed E-state index contributed by atoms with van der Waals surface area (Å²) in [6, 6.07) is 0. The zero-order valence-electron chi connectivity index (χ0n) is 44.0. The number of rotatable bonds is 52. The fourth-order valence-corrected chi connectivity index (χ4v) is 8.28. The molecule has 0 aromatic heterocycles. The molecule has 1 unspecified atom stereocenters. The van der Waals surface area contributed by atoms with E-state index in [9.17, 15) is 14.4 Å². The molecule has 0 amide bonds. The van der Waals surface area contributed by atoms with Crippen molar-refractivity contribution in [3.63, 3.8) is 0 Å². The van der Waals surface area contributed by atoms with Gasteiger partial charge in [-0.3, -0.25) is 14.4 Å². The summed E-state index contributed by atoms with van der Waals surface area (Å²) >= 11 is 0. The second-order valence-electron chi connectivity index (χ2n) is 19.2. The summed E-state index contributed by atoms with van der Waals surface area (Å²) in [5, 5.41) is 0. The lowest BCUT2D eigenvalue weighted by Gasteiger charge is -2.18. The highest BCUT2D eigenvalue weighted by molar-refractivity contribution is 5.71. The predicted molar refractivity (Wildman–Crippen MR) is 284 cm³/mol. The van der Waals surface area contributed by atoms with Gasteiger partial charge in [0.15, 0.2) is 6.10 Å². The fraction of sp³-hybridized carbons (Fsp3) is 0.817. The third-order valence-electron chi connectivity index (χ3n) is 12.6. The Morgan fingerprint density at radius 1 is 0.318 bits per heavy atom. The second-order valence-corrected chi connectivity index (χ2v) is 19.2. The van der Waals surface area contributed by atoms with Crippen LogP contribution in [0.15, 0.2) is 48.6 Å². The Morgan fingerprint density at radius 3 is 0.939 bits per heavy atom. The van der Waals surface area contributed by atoms with Crippen LogP contribution < -0.4 is 0 Å². The fourth-order valence-electron chi connectivity index (χ4n) is 8.28. The van der Waals surface area contributed by atoms with Gasteiger partial charge >= 0.3 is 17.9 Å². The van der Waals surface area contributed by atoms with Gasteiger partial charge in [0.1, 0.15) is 13.2 Å². The number of allylic oxidation sites excluding steroid dienone is 8. The quantitative estimate of drug-likeness (QED) is 0.0262. The van der Waals surface area contributed by atoms with E-state index in [1.54, 1.807) is 0 Å². The second kappa shape index (κ2) is 55.0. The number of esters is 3. The van der Waals surface area contributed by atoms with Crippen molar-refractivity contribution < 1.29 is 28.6 Å². The summed E-state index contributed by atoms with van der Waals surface area (Å²) in [5.41, 5.74) is 0. The highest BCUT2D eigenvalue weighted by Gasteiger charge is 2.19. The molecule has 0 aromatic rings. The van der Waals surface area contributed by atoms with E-state index in [0.29, 0.717) is 19.3 Å². The standard InChI is InChI=1S/C60H108O6/c1-4-7-10-13-16-19-22-25-28-30-33-35-38-41-44-47-50-53-59(62)65-56-57(55-64-58(61)52-49-46-43-40-37-34-31-27-24-21-18-15-12-9-6-3)66-60(63)54-51-48-45-42-39-36-32-29-26-23-20-17-14-11-8-5-2/h9,12,18,21,27,29,31-32,57H,4-8,10-11,13-17,19-20,22-26,28,30,33-56H2,1-3H3/b12-9-,21-18-,31-27-,32-29-. The van der Waals surface area contributed by atoms with Gasteiger partial charge < -0.3 is 14.2 Å². The van der Waals surface area contributed by atoms with E-state index in [2.05, 4.69) is 69.4 Å². The number of hydrogen-bond donors (Lipinski definition) is 0. The number of unbranched alkanes of at least 4 members (excludes halogenated alkanes) is 33. The van der Waals surface area contributed by atoms with E-state index < -0.39 is 6.10 Å². The van der Waals surface area contributed by atoms with Gasteiger partial charge in [-0.15, -0.1) is 0 Å². The average molecular weight is 926 g/mol. The number of carbonyl (C=O) groups is 3. The van der Waals surface area contributed by atoms with Crippen molar-refractivity contribution in [1.29, 1.82) is 0 Å². The lowest BCUT2D eigenvalue weighted by molar-refractivity contribution is -0.167. The first-order chi connectivity index (χ1) is 32.5. The molecule has 384 valence electrons. The highest BCUT2D eigenvalue weighted by atomic mass is 16.6. The van der Waals surface area contributed by atoms with Crippen molar-refractivity contribution in [3.05, 3.63) is 48.6 Å². The Labute approximate surface area is 409 Å². The Morgan fingerprint density at radius 2 is 0.591 bits per heavy atom. The largest absolute Gasteiger partial charge is 0.462 e. The summed E-state index contributed by atoms with van der Waals surface area (Å²) in [5.74, 6) is -0.891. The van der Waals surface area contributed by atoms with E-state index in [0.717, 1.165) is 109 Å². The molecule has 0 saturated carbocycles. The van der Waals surface area contributed by atoms with Crippen molar-refractivity contribution >= 4 is 17.9 Å². The Balaban J connectivity index is 4.38. The third kappa shape index (κ3) is 52.3. The van der Waals surface area contributed by atoms with Gasteiger partial charge in [-0.05, 0) is 77.0 Å². The molecular formula is C60H108O6. The molecule has 0 aliphatic heterocycles. The summed E-state index contributed by atoms with van der Waals surface area (Å²) < 4.78 is 16.9. The molecule has 0 aliphatic carbocycles. The third-order valence-corrected chi connectivity index (χ3v) is 12.6. The molecule has 6 nitrogen and oxygen atoms in total. The molecule has 0 rings (SSSR count). The van der Waals surface area contributed by atoms with Crippen LogP contribution in [0.3, 0.4) is 0 Å². The van der Waals surface area contributed by atoms with Crippen molar-refractivity contribution in [2.24, 2.45) is 0 Å². The normalized spacial score (nSPS) is 12.3. The highest BCUT2D eigenvalue weighted by Crippen LogP contribution is 2.16. The smallest absolute Gasteiger partial charge is 0.306 e. The molecule has 66 heavy (non-hydrogen) atoms. The van der Waals surface area contributed by atoms with Gasteiger partial charge in [0, 0.05) is 19.3 Å². The van der Waals surface area contributed by atoms with Gasteiger partial charge in [-0.2, -0.15) is 0 Å². The maximum Gasteiger partial charge on any atom is 0.306 e. The van der Waals surface area contributed by atoms with E-state index in [4.69, 9.17) is 14.2 Å². The summed E-state index contributed by atoms with van der Waals surface area (Å²) in [4.78, 5) is 38.1. The molecule has 0 aromatic carbocycles. The van der Waals surface area contributed by atoms with Crippen LogP contribution in [0.25, 0.3) is 0 Å². The molecule has 6 heteroatoms. The van der Waals surface area contributed by atoms with Crippen LogP contribution in [0.2, 0.25) is 0 Å². The Bertz CT molecular complexity index is 1150. The molecule has 0 spiro atoms. The summed E-state index contributed by atoms with van der Waals surface area (Å²) in [6.07, 6.45) is 66.7. The maximum absolute atomic E-state index is 12.8. The van der Waals surface area contributed by atoms with Gasteiger partial charge in [0.2, 0.25) is 0 Å². The predicted octanol–water partition coefficient (Wildman–Crippen LogP) is 19.0. The first-order valence-electron chi connectivity index (χ1n) is 28.6. The monoisotopic (exact) mass is 925 g/mol. The van der Waals surface area contributed by atoms with Crippen molar-refractivity contribution in [1.82, 2.24) is 0 Å². The SMILES string of the molecule is CC/C=C\C/C=C\C/C=C\CCCCCCCC(=O)OCC(COC(=O)CCCCCCCCCCCCCCCCCCC)OC(=O)CCCCCCC/C=C\CCCCCCCCC. The van der Waals surface area contributed by atoms with Gasteiger partial charge in [-0.25, -0.2) is 0 Å². The molecular weight excluding hydrogens is 817 g/mol. The number of hydrogen-bond acceptors (Lipinski definition) is 6. The Hall–Kier alpha value is -2.63. The van der Waals surface area contributed by atoms with Crippen LogP contribution in [-0.4, -0.2) is 37.2 Å².